The Bertz CT molecular complexity index is 688. The first-order chi connectivity index (χ1) is 9.45. The van der Waals surface area contributed by atoms with Crippen molar-refractivity contribution in [3.63, 3.8) is 0 Å². The van der Waals surface area contributed by atoms with E-state index in [0.29, 0.717) is 11.3 Å². The number of rotatable bonds is 3. The van der Waals surface area contributed by atoms with Crippen LogP contribution in [-0.2, 0) is 0 Å². The molecule has 2 aromatic carbocycles. The SMILES string of the molecule is O=C(O)c1cc(Cl)cc(NC(=O)c2cccc(I)c2)c1. The zero-order chi connectivity index (χ0) is 14.7. The Balaban J connectivity index is 2.26. The Morgan fingerprint density at radius 1 is 1.10 bits per heavy atom. The summed E-state index contributed by atoms with van der Waals surface area (Å²) in [7, 11) is 0. The molecule has 1 amide bonds. The highest BCUT2D eigenvalue weighted by Crippen LogP contribution is 2.20. The van der Waals surface area contributed by atoms with Gasteiger partial charge in [-0.05, 0) is 59.0 Å². The molecular formula is C14H9ClINO3. The van der Waals surface area contributed by atoms with Crippen molar-refractivity contribution in [2.75, 3.05) is 5.32 Å². The number of halogens is 2. The van der Waals surface area contributed by atoms with Crippen LogP contribution in [0, 0.1) is 3.57 Å². The van der Waals surface area contributed by atoms with Crippen molar-refractivity contribution in [3.8, 4) is 0 Å². The fourth-order valence-corrected chi connectivity index (χ4v) is 2.40. The lowest BCUT2D eigenvalue weighted by Gasteiger charge is -2.07. The van der Waals surface area contributed by atoms with Gasteiger partial charge in [-0.1, -0.05) is 17.7 Å². The molecule has 0 aliphatic rings. The molecule has 0 bridgehead atoms. The van der Waals surface area contributed by atoms with E-state index in [2.05, 4.69) is 27.9 Å². The number of amides is 1. The Kier molecular flexibility index (Phi) is 4.61. The number of carbonyl (C=O) groups is 2. The fraction of sp³-hybridized carbons (Fsp3) is 0. The van der Waals surface area contributed by atoms with E-state index < -0.39 is 5.97 Å². The number of carboxylic acid groups (broad SMARTS) is 1. The van der Waals surface area contributed by atoms with Crippen LogP contribution < -0.4 is 5.32 Å². The van der Waals surface area contributed by atoms with Crippen molar-refractivity contribution >= 4 is 51.8 Å². The first-order valence-electron chi connectivity index (χ1n) is 5.56. The van der Waals surface area contributed by atoms with Gasteiger partial charge in [-0.15, -0.1) is 0 Å². The van der Waals surface area contributed by atoms with Crippen LogP contribution in [0.2, 0.25) is 5.02 Å². The van der Waals surface area contributed by atoms with Crippen LogP contribution in [0.3, 0.4) is 0 Å². The van der Waals surface area contributed by atoms with E-state index in [9.17, 15) is 9.59 Å². The van der Waals surface area contributed by atoms with E-state index in [0.717, 1.165) is 3.57 Å². The van der Waals surface area contributed by atoms with Crippen LogP contribution >= 0.6 is 34.2 Å². The molecule has 102 valence electrons. The quantitative estimate of drug-likeness (QED) is 0.767. The predicted molar refractivity (Wildman–Crippen MR) is 85.5 cm³/mol. The van der Waals surface area contributed by atoms with Gasteiger partial charge in [0, 0.05) is 19.8 Å². The molecule has 0 fully saturated rings. The standard InChI is InChI=1S/C14H9ClINO3/c15-10-4-9(14(19)20)6-12(7-10)17-13(18)8-2-1-3-11(16)5-8/h1-7H,(H,17,18)(H,19,20). The average molecular weight is 402 g/mol. The van der Waals surface area contributed by atoms with E-state index >= 15 is 0 Å². The van der Waals surface area contributed by atoms with Crippen LogP contribution in [0.4, 0.5) is 5.69 Å². The van der Waals surface area contributed by atoms with E-state index in [1.54, 1.807) is 18.2 Å². The van der Waals surface area contributed by atoms with Gasteiger partial charge in [-0.2, -0.15) is 0 Å². The van der Waals surface area contributed by atoms with Gasteiger partial charge in [0.1, 0.15) is 0 Å². The minimum absolute atomic E-state index is 0.0236. The second-order valence-corrected chi connectivity index (χ2v) is 5.68. The fourth-order valence-electron chi connectivity index (χ4n) is 1.62. The van der Waals surface area contributed by atoms with E-state index in [1.807, 2.05) is 6.07 Å². The number of aromatic carboxylic acids is 1. The van der Waals surface area contributed by atoms with Crippen molar-refractivity contribution in [2.45, 2.75) is 0 Å². The summed E-state index contributed by atoms with van der Waals surface area (Å²) in [5, 5.41) is 11.8. The second-order valence-electron chi connectivity index (χ2n) is 4.00. The van der Waals surface area contributed by atoms with Gasteiger partial charge < -0.3 is 10.4 Å². The highest BCUT2D eigenvalue weighted by Gasteiger charge is 2.10. The lowest BCUT2D eigenvalue weighted by Crippen LogP contribution is -2.12. The van der Waals surface area contributed by atoms with E-state index in [1.165, 1.54) is 18.2 Å². The molecule has 0 aliphatic heterocycles. The highest BCUT2D eigenvalue weighted by molar-refractivity contribution is 14.1. The smallest absolute Gasteiger partial charge is 0.335 e. The van der Waals surface area contributed by atoms with Crippen molar-refractivity contribution in [2.24, 2.45) is 0 Å². The lowest BCUT2D eigenvalue weighted by molar-refractivity contribution is 0.0696. The van der Waals surface area contributed by atoms with Gasteiger partial charge in [0.15, 0.2) is 0 Å². The van der Waals surface area contributed by atoms with Crippen LogP contribution in [0.1, 0.15) is 20.7 Å². The summed E-state index contributed by atoms with van der Waals surface area (Å²) in [4.78, 5) is 23.0. The Morgan fingerprint density at radius 3 is 2.50 bits per heavy atom. The largest absolute Gasteiger partial charge is 0.478 e. The first kappa shape index (κ1) is 14.8. The molecular weight excluding hydrogens is 393 g/mol. The molecule has 20 heavy (non-hydrogen) atoms. The molecule has 0 atom stereocenters. The van der Waals surface area contributed by atoms with Crippen LogP contribution in [0.5, 0.6) is 0 Å². The molecule has 0 unspecified atom stereocenters. The van der Waals surface area contributed by atoms with E-state index in [4.69, 9.17) is 16.7 Å². The number of hydrogen-bond acceptors (Lipinski definition) is 2. The Labute approximate surface area is 133 Å². The van der Waals surface area contributed by atoms with Gasteiger partial charge >= 0.3 is 5.97 Å². The Morgan fingerprint density at radius 2 is 1.85 bits per heavy atom. The maximum absolute atomic E-state index is 12.1. The summed E-state index contributed by atoms with van der Waals surface area (Å²) < 4.78 is 0.938. The van der Waals surface area contributed by atoms with Crippen molar-refractivity contribution in [1.29, 1.82) is 0 Å². The first-order valence-corrected chi connectivity index (χ1v) is 7.02. The molecule has 2 N–H and O–H groups in total. The molecule has 2 rings (SSSR count). The maximum atomic E-state index is 12.1. The zero-order valence-corrected chi connectivity index (χ0v) is 13.0. The van der Waals surface area contributed by atoms with Gasteiger partial charge in [0.2, 0.25) is 0 Å². The lowest BCUT2D eigenvalue weighted by atomic mass is 10.1. The molecule has 0 aliphatic carbocycles. The van der Waals surface area contributed by atoms with Crippen LogP contribution in [0.15, 0.2) is 42.5 Å². The zero-order valence-electron chi connectivity index (χ0n) is 10.1. The van der Waals surface area contributed by atoms with Gasteiger partial charge in [0.05, 0.1) is 5.56 Å². The molecule has 0 saturated heterocycles. The summed E-state index contributed by atoms with van der Waals surface area (Å²) in [5.41, 5.74) is 0.864. The van der Waals surface area contributed by atoms with Gasteiger partial charge in [-0.3, -0.25) is 4.79 Å². The number of carbonyl (C=O) groups excluding carboxylic acids is 1. The molecule has 0 saturated carbocycles. The molecule has 0 aromatic heterocycles. The second kappa shape index (κ2) is 6.23. The number of carboxylic acids is 1. The third kappa shape index (κ3) is 3.71. The minimum atomic E-state index is -1.10. The molecule has 4 nitrogen and oxygen atoms in total. The average Bonchev–Trinajstić information content (AvgIpc) is 2.37. The topological polar surface area (TPSA) is 66.4 Å². The molecule has 0 radical (unpaired) electrons. The van der Waals surface area contributed by atoms with Crippen molar-refractivity contribution in [1.82, 2.24) is 0 Å². The Hall–Kier alpha value is -1.60. The minimum Gasteiger partial charge on any atom is -0.478 e. The predicted octanol–water partition coefficient (Wildman–Crippen LogP) is 3.90. The van der Waals surface area contributed by atoms with Crippen molar-refractivity contribution < 1.29 is 14.7 Å². The normalized spacial score (nSPS) is 10.1. The summed E-state index contributed by atoms with van der Waals surface area (Å²) >= 11 is 7.94. The number of nitrogens with one attached hydrogen (secondary N) is 1. The highest BCUT2D eigenvalue weighted by atomic mass is 127. The third-order valence-corrected chi connectivity index (χ3v) is 3.38. The maximum Gasteiger partial charge on any atom is 0.335 e. The third-order valence-electron chi connectivity index (χ3n) is 2.49. The number of hydrogen-bond donors (Lipinski definition) is 2. The molecule has 0 heterocycles. The summed E-state index contributed by atoms with van der Waals surface area (Å²) in [6.45, 7) is 0. The monoisotopic (exact) mass is 401 g/mol. The van der Waals surface area contributed by atoms with Gasteiger partial charge in [0.25, 0.3) is 5.91 Å². The molecule has 0 spiro atoms. The van der Waals surface area contributed by atoms with Crippen LogP contribution in [-0.4, -0.2) is 17.0 Å². The van der Waals surface area contributed by atoms with Crippen molar-refractivity contribution in [3.05, 3.63) is 62.2 Å². The number of anilines is 1. The summed E-state index contributed by atoms with van der Waals surface area (Å²) in [6, 6.07) is 11.3. The molecule has 2 aromatic rings. The summed E-state index contributed by atoms with van der Waals surface area (Å²) in [6.07, 6.45) is 0. The summed E-state index contributed by atoms with van der Waals surface area (Å²) in [5.74, 6) is -1.42. The molecule has 6 heteroatoms. The number of benzene rings is 2. The van der Waals surface area contributed by atoms with E-state index in [-0.39, 0.29) is 16.5 Å². The van der Waals surface area contributed by atoms with Gasteiger partial charge in [-0.25, -0.2) is 4.79 Å². The van der Waals surface area contributed by atoms with Crippen LogP contribution in [0.25, 0.3) is 0 Å².